The first kappa shape index (κ1) is 12.2. The molecule has 0 aliphatic heterocycles. The van der Waals surface area contributed by atoms with Crippen LogP contribution in [0.3, 0.4) is 0 Å². The molecule has 0 spiro atoms. The van der Waals surface area contributed by atoms with Crippen molar-refractivity contribution in [1.82, 2.24) is 9.97 Å². The van der Waals surface area contributed by atoms with Crippen LogP contribution >= 0.6 is 0 Å². The molecule has 0 unspecified atom stereocenters. The lowest BCUT2D eigenvalue weighted by Gasteiger charge is -2.15. The van der Waals surface area contributed by atoms with Crippen LogP contribution in [0.25, 0.3) is 11.4 Å². The summed E-state index contributed by atoms with van der Waals surface area (Å²) in [6.07, 6.45) is 4.03. The summed E-state index contributed by atoms with van der Waals surface area (Å²) < 4.78 is 0. The average Bonchev–Trinajstić information content (AvgIpc) is 2.42. The molecular weight excluding hydrogens is 236 g/mol. The lowest BCUT2D eigenvalue weighted by atomic mass is 9.96. The van der Waals surface area contributed by atoms with Gasteiger partial charge in [0.15, 0.2) is 0 Å². The molecule has 1 aliphatic carbocycles. The van der Waals surface area contributed by atoms with Gasteiger partial charge in [-0.1, -0.05) is 18.2 Å². The van der Waals surface area contributed by atoms with Crippen LogP contribution in [0.2, 0.25) is 0 Å². The molecule has 0 fully saturated rings. The van der Waals surface area contributed by atoms with E-state index in [0.717, 1.165) is 42.5 Å². The number of fused-ring (bicyclic) bond motifs is 1. The Morgan fingerprint density at radius 2 is 1.95 bits per heavy atom. The molecule has 1 aromatic heterocycles. The summed E-state index contributed by atoms with van der Waals surface area (Å²) in [6, 6.07) is 6.11. The Morgan fingerprint density at radius 3 is 2.79 bits per heavy atom. The highest BCUT2D eigenvalue weighted by Crippen LogP contribution is 2.24. The summed E-state index contributed by atoms with van der Waals surface area (Å²) in [5, 5.41) is 0. The Labute approximate surface area is 112 Å². The molecule has 0 bridgehead atoms. The minimum atomic E-state index is 0.0422. The molecule has 19 heavy (non-hydrogen) atoms. The standard InChI is InChI=1S/C16H18N2O/c1-10-6-5-8-12(11(10)2)15-17-14-9-4-3-7-13(14)16(19)18-15/h5-6,8H,3-4,7,9H2,1-2H3,(H,17,18,19). The number of hydrogen-bond donors (Lipinski definition) is 1. The van der Waals surface area contributed by atoms with Crippen LogP contribution in [0.4, 0.5) is 0 Å². The minimum absolute atomic E-state index is 0.0422. The quantitative estimate of drug-likeness (QED) is 0.850. The summed E-state index contributed by atoms with van der Waals surface area (Å²) in [4.78, 5) is 19.8. The fourth-order valence-corrected chi connectivity index (χ4v) is 2.74. The molecule has 2 aromatic rings. The summed E-state index contributed by atoms with van der Waals surface area (Å²) >= 11 is 0. The maximum atomic E-state index is 12.2. The van der Waals surface area contributed by atoms with Crippen molar-refractivity contribution in [1.29, 1.82) is 0 Å². The van der Waals surface area contributed by atoms with Crippen molar-refractivity contribution in [2.24, 2.45) is 0 Å². The minimum Gasteiger partial charge on any atom is -0.306 e. The van der Waals surface area contributed by atoms with E-state index < -0.39 is 0 Å². The van der Waals surface area contributed by atoms with E-state index in [4.69, 9.17) is 4.98 Å². The second-order valence-electron chi connectivity index (χ2n) is 5.29. The Bertz CT molecular complexity index is 686. The maximum Gasteiger partial charge on any atom is 0.254 e. The van der Waals surface area contributed by atoms with Crippen molar-refractivity contribution in [3.8, 4) is 11.4 Å². The molecule has 0 radical (unpaired) electrons. The molecule has 0 saturated heterocycles. The van der Waals surface area contributed by atoms with Crippen molar-refractivity contribution in [3.63, 3.8) is 0 Å². The molecular formula is C16H18N2O. The number of hydrogen-bond acceptors (Lipinski definition) is 2. The average molecular weight is 254 g/mol. The second-order valence-corrected chi connectivity index (χ2v) is 5.29. The van der Waals surface area contributed by atoms with Gasteiger partial charge in [-0.25, -0.2) is 4.98 Å². The van der Waals surface area contributed by atoms with Crippen LogP contribution in [-0.2, 0) is 12.8 Å². The third-order valence-electron chi connectivity index (χ3n) is 4.05. The molecule has 3 heteroatoms. The number of H-pyrrole nitrogens is 1. The van der Waals surface area contributed by atoms with Crippen LogP contribution in [-0.4, -0.2) is 9.97 Å². The van der Waals surface area contributed by atoms with Crippen molar-refractivity contribution < 1.29 is 0 Å². The molecule has 3 rings (SSSR count). The van der Waals surface area contributed by atoms with E-state index in [1.54, 1.807) is 0 Å². The third-order valence-corrected chi connectivity index (χ3v) is 4.05. The van der Waals surface area contributed by atoms with Crippen LogP contribution < -0.4 is 5.56 Å². The predicted molar refractivity (Wildman–Crippen MR) is 76.4 cm³/mol. The monoisotopic (exact) mass is 254 g/mol. The van der Waals surface area contributed by atoms with Crippen LogP contribution in [0, 0.1) is 13.8 Å². The van der Waals surface area contributed by atoms with E-state index in [1.165, 1.54) is 11.1 Å². The van der Waals surface area contributed by atoms with Gasteiger partial charge in [0.1, 0.15) is 5.82 Å². The van der Waals surface area contributed by atoms with Gasteiger partial charge < -0.3 is 4.98 Å². The molecule has 0 amide bonds. The summed E-state index contributed by atoms with van der Waals surface area (Å²) in [6.45, 7) is 4.15. The Hall–Kier alpha value is -1.90. The van der Waals surface area contributed by atoms with Gasteiger partial charge >= 0.3 is 0 Å². The largest absolute Gasteiger partial charge is 0.306 e. The number of aryl methyl sites for hydroxylation is 2. The van der Waals surface area contributed by atoms with E-state index >= 15 is 0 Å². The molecule has 1 heterocycles. The molecule has 1 N–H and O–H groups in total. The fourth-order valence-electron chi connectivity index (χ4n) is 2.74. The Kier molecular flexibility index (Phi) is 2.97. The Balaban J connectivity index is 2.19. The number of aromatic amines is 1. The van der Waals surface area contributed by atoms with Gasteiger partial charge in [-0.05, 0) is 50.7 Å². The van der Waals surface area contributed by atoms with Crippen molar-refractivity contribution in [3.05, 3.63) is 50.9 Å². The van der Waals surface area contributed by atoms with Crippen molar-refractivity contribution in [2.45, 2.75) is 39.5 Å². The number of aromatic nitrogens is 2. The summed E-state index contributed by atoms with van der Waals surface area (Å²) in [5.74, 6) is 0.715. The number of nitrogens with zero attached hydrogens (tertiary/aromatic N) is 1. The first-order chi connectivity index (χ1) is 9.16. The highest BCUT2D eigenvalue weighted by Gasteiger charge is 2.16. The fraction of sp³-hybridized carbons (Fsp3) is 0.375. The smallest absolute Gasteiger partial charge is 0.254 e. The third kappa shape index (κ3) is 2.09. The lowest BCUT2D eigenvalue weighted by molar-refractivity contribution is 0.657. The van der Waals surface area contributed by atoms with E-state index in [2.05, 4.69) is 24.9 Å². The lowest BCUT2D eigenvalue weighted by Crippen LogP contribution is -2.21. The highest BCUT2D eigenvalue weighted by molar-refractivity contribution is 5.61. The molecule has 0 saturated carbocycles. The van der Waals surface area contributed by atoms with Gasteiger partial charge in [0.25, 0.3) is 5.56 Å². The Morgan fingerprint density at radius 1 is 1.16 bits per heavy atom. The summed E-state index contributed by atoms with van der Waals surface area (Å²) in [7, 11) is 0. The van der Waals surface area contributed by atoms with Crippen LogP contribution in [0.1, 0.15) is 35.2 Å². The first-order valence-electron chi connectivity index (χ1n) is 6.85. The molecule has 3 nitrogen and oxygen atoms in total. The number of nitrogens with one attached hydrogen (secondary N) is 1. The van der Waals surface area contributed by atoms with Gasteiger partial charge in [0, 0.05) is 11.1 Å². The second kappa shape index (κ2) is 4.65. The van der Waals surface area contributed by atoms with Gasteiger partial charge in [-0.3, -0.25) is 4.79 Å². The SMILES string of the molecule is Cc1cccc(-c2nc3c(c(=O)[nH]2)CCCC3)c1C. The predicted octanol–water partition coefficient (Wildman–Crippen LogP) is 2.93. The topological polar surface area (TPSA) is 45.8 Å². The zero-order chi connectivity index (χ0) is 13.4. The number of benzene rings is 1. The van der Waals surface area contributed by atoms with Crippen LogP contribution in [0.15, 0.2) is 23.0 Å². The van der Waals surface area contributed by atoms with Gasteiger partial charge in [0.2, 0.25) is 0 Å². The van der Waals surface area contributed by atoms with Gasteiger partial charge in [-0.2, -0.15) is 0 Å². The zero-order valence-corrected chi connectivity index (χ0v) is 11.4. The summed E-state index contributed by atoms with van der Waals surface area (Å²) in [5.41, 5.74) is 5.36. The van der Waals surface area contributed by atoms with Crippen molar-refractivity contribution >= 4 is 0 Å². The molecule has 98 valence electrons. The van der Waals surface area contributed by atoms with Gasteiger partial charge in [-0.15, -0.1) is 0 Å². The highest BCUT2D eigenvalue weighted by atomic mass is 16.1. The van der Waals surface area contributed by atoms with E-state index in [9.17, 15) is 4.79 Å². The van der Waals surface area contributed by atoms with E-state index in [1.807, 2.05) is 12.1 Å². The molecule has 1 aromatic carbocycles. The van der Waals surface area contributed by atoms with E-state index in [0.29, 0.717) is 5.82 Å². The maximum absolute atomic E-state index is 12.2. The molecule has 0 atom stereocenters. The molecule has 1 aliphatic rings. The van der Waals surface area contributed by atoms with Crippen LogP contribution in [0.5, 0.6) is 0 Å². The van der Waals surface area contributed by atoms with E-state index in [-0.39, 0.29) is 5.56 Å². The zero-order valence-electron chi connectivity index (χ0n) is 11.4. The van der Waals surface area contributed by atoms with Gasteiger partial charge in [0.05, 0.1) is 5.69 Å². The normalized spacial score (nSPS) is 14.2. The first-order valence-corrected chi connectivity index (χ1v) is 6.85. The van der Waals surface area contributed by atoms with Crippen molar-refractivity contribution in [2.75, 3.05) is 0 Å². The number of rotatable bonds is 1.